The molecule has 17 nitrogen and oxygen atoms in total. The highest BCUT2D eigenvalue weighted by atomic mass is 31.2. The van der Waals surface area contributed by atoms with Gasteiger partial charge >= 0.3 is 39.5 Å². The lowest BCUT2D eigenvalue weighted by Crippen LogP contribution is -2.30. The van der Waals surface area contributed by atoms with E-state index in [1.165, 1.54) is 141 Å². The standard InChI is InChI=1S/C70H136O17P2/c1-9-63(8)49-41-33-28-29-35-43-51-68(73)81-57-66(87-70(75)53-45-37-27-21-20-24-32-40-48-62(6)7)59-85-89(78,79)83-55-64(71)54-82-88(76,77)84-58-65(86-69(74)52-44-36-26-19-15-11-13-17-23-31-39-47-61(4)5)56-80-67(72)50-42-34-25-18-14-10-12-16-22-30-38-46-60(2)3/h60-66,71H,9-59H2,1-8H3,(H,76,77)(H,78,79)/t63?,64-,65-,66-/m1/s1. The number of phosphoric ester groups is 2. The molecule has 0 heterocycles. The third-order valence-electron chi connectivity index (χ3n) is 16.4. The van der Waals surface area contributed by atoms with E-state index in [-0.39, 0.29) is 25.7 Å². The molecule has 0 aromatic carbocycles. The lowest BCUT2D eigenvalue weighted by atomic mass is 10.00. The summed E-state index contributed by atoms with van der Waals surface area (Å²) in [5.41, 5.74) is 0. The van der Waals surface area contributed by atoms with Gasteiger partial charge in [0.2, 0.25) is 0 Å². The fraction of sp³-hybridized carbons (Fsp3) is 0.943. The molecule has 0 bridgehead atoms. The molecule has 19 heteroatoms. The first-order chi connectivity index (χ1) is 42.6. The molecule has 89 heavy (non-hydrogen) atoms. The molecule has 0 aromatic heterocycles. The molecule has 0 aliphatic rings. The van der Waals surface area contributed by atoms with Crippen molar-refractivity contribution in [2.45, 2.75) is 363 Å². The van der Waals surface area contributed by atoms with E-state index in [9.17, 15) is 43.2 Å². The molecular weight excluding hydrogens is 1170 g/mol. The number of esters is 4. The molecule has 3 unspecified atom stereocenters. The van der Waals surface area contributed by atoms with Crippen molar-refractivity contribution in [3.8, 4) is 0 Å². The molecule has 0 radical (unpaired) electrons. The van der Waals surface area contributed by atoms with Crippen LogP contribution in [0.15, 0.2) is 0 Å². The Bertz CT molecular complexity index is 1770. The number of phosphoric acid groups is 2. The van der Waals surface area contributed by atoms with Gasteiger partial charge in [0.1, 0.15) is 19.3 Å². The van der Waals surface area contributed by atoms with Gasteiger partial charge in [-0.25, -0.2) is 9.13 Å². The Balaban J connectivity index is 5.26. The lowest BCUT2D eigenvalue weighted by molar-refractivity contribution is -0.161. The number of rotatable bonds is 67. The molecule has 0 fully saturated rings. The Labute approximate surface area is 543 Å². The van der Waals surface area contributed by atoms with Crippen LogP contribution in [0.25, 0.3) is 0 Å². The van der Waals surface area contributed by atoms with Crippen molar-refractivity contribution in [2.24, 2.45) is 23.7 Å². The number of hydrogen-bond donors (Lipinski definition) is 3. The minimum atomic E-state index is -4.95. The van der Waals surface area contributed by atoms with Crippen molar-refractivity contribution in [1.29, 1.82) is 0 Å². The van der Waals surface area contributed by atoms with E-state index in [1.54, 1.807) is 0 Å². The second-order valence-electron chi connectivity index (χ2n) is 26.9. The molecule has 0 aliphatic heterocycles. The Morgan fingerprint density at radius 3 is 0.798 bits per heavy atom. The fourth-order valence-corrected chi connectivity index (χ4v) is 12.0. The van der Waals surface area contributed by atoms with Crippen molar-refractivity contribution in [1.82, 2.24) is 0 Å². The van der Waals surface area contributed by atoms with E-state index < -0.39 is 97.5 Å². The average molecular weight is 1310 g/mol. The Morgan fingerprint density at radius 1 is 0.315 bits per heavy atom. The summed E-state index contributed by atoms with van der Waals surface area (Å²) < 4.78 is 68.3. The molecule has 528 valence electrons. The summed E-state index contributed by atoms with van der Waals surface area (Å²) in [6.07, 6.45) is 41.7. The Hall–Kier alpha value is -1.94. The smallest absolute Gasteiger partial charge is 0.462 e. The largest absolute Gasteiger partial charge is 0.472 e. The predicted octanol–water partition coefficient (Wildman–Crippen LogP) is 19.7. The summed E-state index contributed by atoms with van der Waals surface area (Å²) >= 11 is 0. The van der Waals surface area contributed by atoms with E-state index in [0.717, 1.165) is 120 Å². The quantitative estimate of drug-likeness (QED) is 0.0222. The highest BCUT2D eigenvalue weighted by molar-refractivity contribution is 7.47. The summed E-state index contributed by atoms with van der Waals surface area (Å²) in [6.45, 7) is 14.1. The average Bonchev–Trinajstić information content (AvgIpc) is 3.59. The Kier molecular flexibility index (Phi) is 58.5. The van der Waals surface area contributed by atoms with Crippen LogP contribution < -0.4 is 0 Å². The second kappa shape index (κ2) is 59.8. The number of hydrogen-bond acceptors (Lipinski definition) is 15. The predicted molar refractivity (Wildman–Crippen MR) is 358 cm³/mol. The second-order valence-corrected chi connectivity index (χ2v) is 29.8. The van der Waals surface area contributed by atoms with Crippen molar-refractivity contribution >= 4 is 39.5 Å². The number of carbonyl (C=O) groups excluding carboxylic acids is 4. The fourth-order valence-electron chi connectivity index (χ4n) is 10.5. The summed E-state index contributed by atoms with van der Waals surface area (Å²) in [5.74, 6) is 0.854. The molecular formula is C70H136O17P2. The van der Waals surface area contributed by atoms with Crippen LogP contribution in [0.2, 0.25) is 0 Å². The maximum atomic E-state index is 13.0. The highest BCUT2D eigenvalue weighted by Gasteiger charge is 2.30. The van der Waals surface area contributed by atoms with Gasteiger partial charge in [-0.15, -0.1) is 0 Å². The molecule has 0 aliphatic carbocycles. The van der Waals surface area contributed by atoms with Crippen molar-refractivity contribution in [2.75, 3.05) is 39.6 Å². The van der Waals surface area contributed by atoms with Gasteiger partial charge < -0.3 is 33.8 Å². The molecule has 0 amide bonds. The number of aliphatic hydroxyl groups is 1. The van der Waals surface area contributed by atoms with Gasteiger partial charge in [0.05, 0.1) is 26.4 Å². The number of unbranched alkanes of at least 4 members (excludes halogenated alkanes) is 32. The molecule has 0 saturated carbocycles. The third kappa shape index (κ3) is 63.2. The first-order valence-corrected chi connectivity index (χ1v) is 39.2. The molecule has 3 N–H and O–H groups in total. The molecule has 0 spiro atoms. The van der Waals surface area contributed by atoms with E-state index in [1.807, 2.05) is 0 Å². The third-order valence-corrected chi connectivity index (χ3v) is 18.3. The van der Waals surface area contributed by atoms with Gasteiger partial charge in [0.15, 0.2) is 12.2 Å². The van der Waals surface area contributed by atoms with Crippen LogP contribution in [0.5, 0.6) is 0 Å². The van der Waals surface area contributed by atoms with Crippen molar-refractivity contribution in [3.05, 3.63) is 0 Å². The summed E-state index contributed by atoms with van der Waals surface area (Å²) in [6, 6.07) is 0. The molecule has 0 rings (SSSR count). The SMILES string of the molecule is CCC(C)CCCCCCCCC(=O)OC[C@H](COP(=O)(O)OC[C@H](O)COP(=O)(O)OC[C@@H](COC(=O)CCCCCCCCCCCCCC(C)C)OC(=O)CCCCCCCCCCCCCC(C)C)OC(=O)CCCCCCCCCCC(C)C. The minimum absolute atomic E-state index is 0.103. The lowest BCUT2D eigenvalue weighted by Gasteiger charge is -2.21. The van der Waals surface area contributed by atoms with Gasteiger partial charge in [0, 0.05) is 25.7 Å². The summed E-state index contributed by atoms with van der Waals surface area (Å²) in [7, 11) is -9.90. The van der Waals surface area contributed by atoms with Gasteiger partial charge in [0.25, 0.3) is 0 Å². The van der Waals surface area contributed by atoms with E-state index >= 15 is 0 Å². The molecule has 0 saturated heterocycles. The normalized spacial score (nSPS) is 14.6. The molecule has 6 atom stereocenters. The van der Waals surface area contributed by atoms with Crippen molar-refractivity contribution in [3.63, 3.8) is 0 Å². The number of carbonyl (C=O) groups is 4. The van der Waals surface area contributed by atoms with E-state index in [4.69, 9.17) is 37.0 Å². The highest BCUT2D eigenvalue weighted by Crippen LogP contribution is 2.45. The van der Waals surface area contributed by atoms with Crippen molar-refractivity contribution < 1.29 is 80.2 Å². The molecule has 0 aromatic rings. The van der Waals surface area contributed by atoms with Crippen LogP contribution in [0, 0.1) is 23.7 Å². The summed E-state index contributed by atoms with van der Waals surface area (Å²) in [4.78, 5) is 72.5. The van der Waals surface area contributed by atoms with Gasteiger partial charge in [-0.3, -0.25) is 37.3 Å². The van der Waals surface area contributed by atoms with Gasteiger partial charge in [-0.2, -0.15) is 0 Å². The zero-order valence-corrected chi connectivity index (χ0v) is 59.8. The summed E-state index contributed by atoms with van der Waals surface area (Å²) in [5, 5.41) is 10.6. The van der Waals surface area contributed by atoms with Crippen LogP contribution in [-0.4, -0.2) is 96.7 Å². The zero-order chi connectivity index (χ0) is 66.1. The first-order valence-electron chi connectivity index (χ1n) is 36.2. The maximum Gasteiger partial charge on any atom is 0.472 e. The van der Waals surface area contributed by atoms with Crippen LogP contribution >= 0.6 is 15.6 Å². The van der Waals surface area contributed by atoms with Crippen LogP contribution in [0.4, 0.5) is 0 Å². The Morgan fingerprint density at radius 2 is 0.539 bits per heavy atom. The van der Waals surface area contributed by atoms with Crippen LogP contribution in [0.1, 0.15) is 344 Å². The monoisotopic (exact) mass is 1310 g/mol. The van der Waals surface area contributed by atoms with Gasteiger partial charge in [-0.05, 0) is 49.4 Å². The zero-order valence-electron chi connectivity index (χ0n) is 58.1. The first kappa shape index (κ1) is 87.1. The number of aliphatic hydroxyl groups excluding tert-OH is 1. The topological polar surface area (TPSA) is 237 Å². The van der Waals surface area contributed by atoms with Crippen LogP contribution in [-0.2, 0) is 65.4 Å². The van der Waals surface area contributed by atoms with Gasteiger partial charge in [-0.1, -0.05) is 293 Å². The maximum absolute atomic E-state index is 13.0. The van der Waals surface area contributed by atoms with E-state index in [2.05, 4.69) is 55.4 Å². The minimum Gasteiger partial charge on any atom is -0.462 e. The van der Waals surface area contributed by atoms with Crippen LogP contribution in [0.3, 0.4) is 0 Å². The van der Waals surface area contributed by atoms with E-state index in [0.29, 0.717) is 25.7 Å². The number of ether oxygens (including phenoxy) is 4.